The summed E-state index contributed by atoms with van der Waals surface area (Å²) in [4.78, 5) is 26.4. The van der Waals surface area contributed by atoms with Crippen LogP contribution in [0.1, 0.15) is 46.6 Å². The molecule has 0 spiro atoms. The number of furan rings is 1. The maximum absolute atomic E-state index is 12.6. The van der Waals surface area contributed by atoms with E-state index in [9.17, 15) is 9.59 Å². The Balaban J connectivity index is 1.33. The first-order chi connectivity index (χ1) is 13.1. The molecule has 1 aromatic carbocycles. The van der Waals surface area contributed by atoms with Crippen molar-refractivity contribution >= 4 is 27.7 Å². The van der Waals surface area contributed by atoms with E-state index in [-0.39, 0.29) is 17.9 Å². The molecule has 6 nitrogen and oxygen atoms in total. The molecule has 0 bridgehead atoms. The molecule has 0 radical (unpaired) electrons. The number of benzene rings is 1. The molecule has 1 unspecified atom stereocenters. The summed E-state index contributed by atoms with van der Waals surface area (Å²) in [5.41, 5.74) is 0.635. The Morgan fingerprint density at radius 1 is 1.15 bits per heavy atom. The largest absolute Gasteiger partial charge is 0.491 e. The van der Waals surface area contributed by atoms with Gasteiger partial charge in [-0.1, -0.05) is 0 Å². The molecule has 2 fully saturated rings. The van der Waals surface area contributed by atoms with Gasteiger partial charge in [0.25, 0.3) is 11.8 Å². The van der Waals surface area contributed by atoms with Gasteiger partial charge >= 0.3 is 0 Å². The van der Waals surface area contributed by atoms with Crippen molar-refractivity contribution in [2.45, 2.75) is 37.8 Å². The lowest BCUT2D eigenvalue weighted by atomic mass is 10.2. The molecule has 1 saturated heterocycles. The molecule has 4 rings (SSSR count). The van der Waals surface area contributed by atoms with E-state index in [1.807, 2.05) is 4.90 Å². The fourth-order valence-corrected chi connectivity index (χ4v) is 3.55. The van der Waals surface area contributed by atoms with Crippen molar-refractivity contribution < 1.29 is 18.7 Å². The number of rotatable bonds is 6. The average Bonchev–Trinajstić information content (AvgIpc) is 3.18. The molecule has 1 aliphatic carbocycles. The highest BCUT2D eigenvalue weighted by molar-refractivity contribution is 9.10. The molecule has 7 heteroatoms. The van der Waals surface area contributed by atoms with Gasteiger partial charge in [0.05, 0.1) is 6.04 Å². The SMILES string of the molecule is O=C(NC1CC1)c1ccc(OCC2CCCN2C(=O)c2ccc(Br)o2)cc1. The lowest BCUT2D eigenvalue weighted by Gasteiger charge is -2.24. The van der Waals surface area contributed by atoms with Gasteiger partial charge in [-0.3, -0.25) is 9.59 Å². The summed E-state index contributed by atoms with van der Waals surface area (Å²) < 4.78 is 11.8. The average molecular weight is 433 g/mol. The molecule has 1 N–H and O–H groups in total. The molecule has 1 aromatic heterocycles. The first-order valence-corrected chi connectivity index (χ1v) is 9.99. The van der Waals surface area contributed by atoms with Crippen LogP contribution in [-0.2, 0) is 0 Å². The highest BCUT2D eigenvalue weighted by Gasteiger charge is 2.31. The first-order valence-electron chi connectivity index (χ1n) is 9.20. The van der Waals surface area contributed by atoms with E-state index in [2.05, 4.69) is 21.2 Å². The quantitative estimate of drug-likeness (QED) is 0.756. The van der Waals surface area contributed by atoms with Crippen LogP contribution in [0.5, 0.6) is 5.75 Å². The third-order valence-electron chi connectivity index (χ3n) is 4.89. The Labute approximate surface area is 166 Å². The second-order valence-electron chi connectivity index (χ2n) is 6.98. The minimum atomic E-state index is -0.112. The lowest BCUT2D eigenvalue weighted by molar-refractivity contribution is 0.0658. The van der Waals surface area contributed by atoms with Gasteiger partial charge in [0.2, 0.25) is 0 Å². The van der Waals surface area contributed by atoms with Crippen molar-refractivity contribution in [3.8, 4) is 5.75 Å². The maximum atomic E-state index is 12.6. The lowest BCUT2D eigenvalue weighted by Crippen LogP contribution is -2.38. The van der Waals surface area contributed by atoms with Gasteiger partial charge in [-0.2, -0.15) is 0 Å². The molecule has 27 heavy (non-hydrogen) atoms. The minimum Gasteiger partial charge on any atom is -0.491 e. The van der Waals surface area contributed by atoms with Gasteiger partial charge in [0.1, 0.15) is 12.4 Å². The Hall–Kier alpha value is -2.28. The second kappa shape index (κ2) is 7.76. The van der Waals surface area contributed by atoms with Gasteiger partial charge in [-0.05, 0) is 78.0 Å². The molecule has 142 valence electrons. The predicted octanol–water partition coefficient (Wildman–Crippen LogP) is 3.62. The van der Waals surface area contributed by atoms with Crippen LogP contribution < -0.4 is 10.1 Å². The van der Waals surface area contributed by atoms with E-state index in [1.54, 1.807) is 36.4 Å². The number of amides is 2. The number of halogens is 1. The van der Waals surface area contributed by atoms with Crippen LogP contribution in [-0.4, -0.2) is 41.9 Å². The number of nitrogens with zero attached hydrogens (tertiary/aromatic N) is 1. The molecule has 2 heterocycles. The first kappa shape index (κ1) is 18.1. The topological polar surface area (TPSA) is 71.8 Å². The monoisotopic (exact) mass is 432 g/mol. The zero-order chi connectivity index (χ0) is 18.8. The summed E-state index contributed by atoms with van der Waals surface area (Å²) >= 11 is 3.23. The van der Waals surface area contributed by atoms with Crippen molar-refractivity contribution in [1.82, 2.24) is 10.2 Å². The van der Waals surface area contributed by atoms with E-state index in [4.69, 9.17) is 9.15 Å². The predicted molar refractivity (Wildman–Crippen MR) is 103 cm³/mol. The fourth-order valence-electron chi connectivity index (χ4n) is 3.24. The minimum absolute atomic E-state index is 0.0132. The van der Waals surface area contributed by atoms with Crippen molar-refractivity contribution in [2.24, 2.45) is 0 Å². The molecular weight excluding hydrogens is 412 g/mol. The van der Waals surface area contributed by atoms with Gasteiger partial charge in [-0.25, -0.2) is 0 Å². The number of carbonyl (C=O) groups is 2. The van der Waals surface area contributed by atoms with Crippen LogP contribution in [0.4, 0.5) is 0 Å². The van der Waals surface area contributed by atoms with Crippen LogP contribution in [0.2, 0.25) is 0 Å². The Morgan fingerprint density at radius 2 is 1.93 bits per heavy atom. The molecule has 2 aliphatic rings. The Bertz CT molecular complexity index is 829. The summed E-state index contributed by atoms with van der Waals surface area (Å²) in [6.45, 7) is 1.12. The van der Waals surface area contributed by atoms with E-state index >= 15 is 0 Å². The zero-order valence-corrected chi connectivity index (χ0v) is 16.4. The number of ether oxygens (including phenoxy) is 1. The molecule has 1 saturated carbocycles. The third kappa shape index (κ3) is 4.35. The summed E-state index contributed by atoms with van der Waals surface area (Å²) in [5.74, 6) is 0.873. The van der Waals surface area contributed by atoms with Crippen molar-refractivity contribution in [2.75, 3.05) is 13.2 Å². The Kier molecular flexibility index (Phi) is 5.20. The van der Waals surface area contributed by atoms with Gasteiger partial charge in [0.15, 0.2) is 10.4 Å². The van der Waals surface area contributed by atoms with E-state index in [0.717, 1.165) is 25.7 Å². The van der Waals surface area contributed by atoms with Crippen molar-refractivity contribution in [3.05, 3.63) is 52.4 Å². The van der Waals surface area contributed by atoms with Crippen LogP contribution in [0, 0.1) is 0 Å². The van der Waals surface area contributed by atoms with Crippen LogP contribution in [0.25, 0.3) is 0 Å². The normalized spacial score (nSPS) is 19.1. The van der Waals surface area contributed by atoms with Crippen molar-refractivity contribution in [1.29, 1.82) is 0 Å². The fraction of sp³-hybridized carbons (Fsp3) is 0.400. The van der Waals surface area contributed by atoms with Gasteiger partial charge in [-0.15, -0.1) is 0 Å². The molecule has 2 amide bonds. The van der Waals surface area contributed by atoms with Crippen molar-refractivity contribution in [3.63, 3.8) is 0 Å². The van der Waals surface area contributed by atoms with E-state index < -0.39 is 0 Å². The summed E-state index contributed by atoms with van der Waals surface area (Å²) in [7, 11) is 0. The zero-order valence-electron chi connectivity index (χ0n) is 14.8. The summed E-state index contributed by atoms with van der Waals surface area (Å²) in [6.07, 6.45) is 3.98. The molecule has 1 aliphatic heterocycles. The smallest absolute Gasteiger partial charge is 0.289 e. The number of hydrogen-bond donors (Lipinski definition) is 1. The van der Waals surface area contributed by atoms with Crippen LogP contribution in [0.15, 0.2) is 45.5 Å². The third-order valence-corrected chi connectivity index (χ3v) is 5.32. The number of likely N-dealkylation sites (tertiary alicyclic amines) is 1. The molecular formula is C20H21BrN2O4. The highest BCUT2D eigenvalue weighted by Crippen LogP contribution is 2.24. The number of carbonyl (C=O) groups excluding carboxylic acids is 2. The van der Waals surface area contributed by atoms with Gasteiger partial charge < -0.3 is 19.4 Å². The maximum Gasteiger partial charge on any atom is 0.289 e. The van der Waals surface area contributed by atoms with Crippen LogP contribution >= 0.6 is 15.9 Å². The van der Waals surface area contributed by atoms with E-state index in [0.29, 0.717) is 40.9 Å². The van der Waals surface area contributed by atoms with Crippen LogP contribution in [0.3, 0.4) is 0 Å². The van der Waals surface area contributed by atoms with Gasteiger partial charge in [0, 0.05) is 18.2 Å². The summed E-state index contributed by atoms with van der Waals surface area (Å²) in [6, 6.07) is 10.9. The summed E-state index contributed by atoms with van der Waals surface area (Å²) in [5, 5.41) is 2.97. The molecule has 1 atom stereocenters. The number of nitrogens with one attached hydrogen (secondary N) is 1. The van der Waals surface area contributed by atoms with E-state index in [1.165, 1.54) is 0 Å². The Morgan fingerprint density at radius 3 is 2.59 bits per heavy atom. The standard InChI is InChI=1S/C20H21BrN2O4/c21-18-10-9-17(27-18)20(25)23-11-1-2-15(23)12-26-16-7-3-13(4-8-16)19(24)22-14-5-6-14/h3-4,7-10,14-15H,1-2,5-6,11-12H2,(H,22,24). The highest BCUT2D eigenvalue weighted by atomic mass is 79.9. The number of hydrogen-bond acceptors (Lipinski definition) is 4. The molecule has 2 aromatic rings. The second-order valence-corrected chi connectivity index (χ2v) is 7.76.